The van der Waals surface area contributed by atoms with E-state index in [1.807, 2.05) is 60.7 Å². The SMILES string of the molecule is Oc1ccc2c(oc3nc4c(cc32)CC2(Cc3ccccc3C2)C4)c1-c1cccc(Oc2cccc3c2nc(-c2ccccc2)n3-c2ccccc2-c2ccccc2)n1. The van der Waals surface area contributed by atoms with Crippen LogP contribution in [-0.4, -0.2) is 24.6 Å². The van der Waals surface area contributed by atoms with Crippen LogP contribution in [0.4, 0.5) is 0 Å². The molecule has 0 saturated carbocycles. The van der Waals surface area contributed by atoms with Gasteiger partial charge in [0.1, 0.15) is 17.1 Å². The zero-order valence-electron chi connectivity index (χ0n) is 32.0. The molecule has 59 heavy (non-hydrogen) atoms. The Morgan fingerprint density at radius 2 is 1.31 bits per heavy atom. The van der Waals surface area contributed by atoms with Gasteiger partial charge in [0.05, 0.1) is 22.5 Å². The summed E-state index contributed by atoms with van der Waals surface area (Å²) < 4.78 is 15.4. The molecule has 0 aliphatic heterocycles. The van der Waals surface area contributed by atoms with Crippen LogP contribution in [-0.2, 0) is 25.7 Å². The molecule has 7 heteroatoms. The summed E-state index contributed by atoms with van der Waals surface area (Å²) in [6, 6.07) is 55.3. The van der Waals surface area contributed by atoms with E-state index in [9.17, 15) is 5.11 Å². The van der Waals surface area contributed by atoms with E-state index in [-0.39, 0.29) is 11.2 Å². The highest BCUT2D eigenvalue weighted by molar-refractivity contribution is 6.10. The predicted molar refractivity (Wildman–Crippen MR) is 232 cm³/mol. The highest BCUT2D eigenvalue weighted by atomic mass is 16.5. The Hall–Kier alpha value is -7.51. The number of fused-ring (bicyclic) bond motifs is 6. The molecule has 0 amide bonds. The van der Waals surface area contributed by atoms with Crippen LogP contribution in [0.5, 0.6) is 17.4 Å². The number of hydrogen-bond donors (Lipinski definition) is 1. The Labute approximate surface area is 339 Å². The first-order valence-electron chi connectivity index (χ1n) is 20.1. The number of phenols is 1. The maximum Gasteiger partial charge on any atom is 0.227 e. The Kier molecular flexibility index (Phi) is 7.41. The van der Waals surface area contributed by atoms with Crippen LogP contribution in [0.15, 0.2) is 168 Å². The van der Waals surface area contributed by atoms with Gasteiger partial charge in [0.2, 0.25) is 11.6 Å². The van der Waals surface area contributed by atoms with E-state index in [2.05, 4.69) is 102 Å². The van der Waals surface area contributed by atoms with Gasteiger partial charge >= 0.3 is 0 Å². The molecule has 0 saturated heterocycles. The minimum atomic E-state index is 0.0712. The van der Waals surface area contributed by atoms with Gasteiger partial charge in [0.25, 0.3) is 0 Å². The minimum Gasteiger partial charge on any atom is -0.507 e. The third-order valence-corrected chi connectivity index (χ3v) is 12.2. The van der Waals surface area contributed by atoms with Crippen molar-refractivity contribution in [3.63, 3.8) is 0 Å². The molecule has 282 valence electrons. The fraction of sp³-hybridized carbons (Fsp3) is 0.0962. The van der Waals surface area contributed by atoms with E-state index in [1.54, 1.807) is 6.07 Å². The first-order chi connectivity index (χ1) is 29.1. The van der Waals surface area contributed by atoms with Crippen molar-refractivity contribution < 1.29 is 14.3 Å². The fourth-order valence-corrected chi connectivity index (χ4v) is 9.66. The Balaban J connectivity index is 0.928. The van der Waals surface area contributed by atoms with E-state index in [0.717, 1.165) is 75.9 Å². The van der Waals surface area contributed by atoms with Crippen molar-refractivity contribution >= 4 is 33.1 Å². The van der Waals surface area contributed by atoms with E-state index in [1.165, 1.54) is 16.7 Å². The van der Waals surface area contributed by atoms with Crippen LogP contribution in [0.1, 0.15) is 22.4 Å². The largest absolute Gasteiger partial charge is 0.507 e. The molecule has 0 bridgehead atoms. The number of aromatic nitrogens is 4. The normalized spacial score (nSPS) is 14.0. The predicted octanol–water partition coefficient (Wildman–Crippen LogP) is 12.1. The molecule has 2 aliphatic carbocycles. The van der Waals surface area contributed by atoms with E-state index in [0.29, 0.717) is 39.7 Å². The van der Waals surface area contributed by atoms with Crippen molar-refractivity contribution in [2.24, 2.45) is 5.41 Å². The molecule has 1 N–H and O–H groups in total. The summed E-state index contributed by atoms with van der Waals surface area (Å²) in [6.07, 6.45) is 4.09. The number of hydrogen-bond acceptors (Lipinski definition) is 6. The third kappa shape index (κ3) is 5.46. The molecule has 0 fully saturated rings. The molecule has 6 aromatic carbocycles. The lowest BCUT2D eigenvalue weighted by molar-refractivity contribution is 0.325. The molecule has 12 rings (SSSR count). The number of rotatable bonds is 6. The summed E-state index contributed by atoms with van der Waals surface area (Å²) in [7, 11) is 0. The number of aromatic hydroxyl groups is 1. The molecule has 0 unspecified atom stereocenters. The smallest absolute Gasteiger partial charge is 0.227 e. The molecule has 0 radical (unpaired) electrons. The Morgan fingerprint density at radius 3 is 2.12 bits per heavy atom. The molecular formula is C52H36N4O3. The standard InChI is InChI=1S/C52H36N4O3/c57-44-26-25-38-39-27-36-30-52(28-34-17-7-8-18-35(34)29-52)31-41(36)54-51(39)59-49(38)47(44)40-20-11-24-46(53-40)58-45-23-12-22-43-48(45)55-50(33-15-5-2-6-16-33)56(43)42-21-10-9-19-37(42)32-13-3-1-4-14-32/h1-27,57H,28-31H2. The summed E-state index contributed by atoms with van der Waals surface area (Å²) in [6.45, 7) is 0. The molecule has 10 aromatic rings. The van der Waals surface area contributed by atoms with Crippen LogP contribution >= 0.6 is 0 Å². The average molecular weight is 765 g/mol. The van der Waals surface area contributed by atoms with Crippen LogP contribution < -0.4 is 4.74 Å². The van der Waals surface area contributed by atoms with Crippen LogP contribution in [0, 0.1) is 5.41 Å². The van der Waals surface area contributed by atoms with Gasteiger partial charge < -0.3 is 14.3 Å². The summed E-state index contributed by atoms with van der Waals surface area (Å²) in [5, 5.41) is 13.2. The second kappa shape index (κ2) is 13.0. The van der Waals surface area contributed by atoms with Gasteiger partial charge in [-0.3, -0.25) is 4.57 Å². The van der Waals surface area contributed by atoms with Crippen molar-refractivity contribution in [3.8, 4) is 56.8 Å². The average Bonchev–Trinajstić information content (AvgIpc) is 4.03. The summed E-state index contributed by atoms with van der Waals surface area (Å²) in [5.41, 5.74) is 13.4. The quantitative estimate of drug-likeness (QED) is 0.181. The van der Waals surface area contributed by atoms with Gasteiger partial charge in [-0.05, 0) is 95.8 Å². The number of ether oxygens (including phenoxy) is 1. The first-order valence-corrected chi connectivity index (χ1v) is 20.1. The number of imidazole rings is 1. The molecule has 2 aliphatic rings. The summed E-state index contributed by atoms with van der Waals surface area (Å²) >= 11 is 0. The highest BCUT2D eigenvalue weighted by Gasteiger charge is 2.43. The zero-order valence-corrected chi connectivity index (χ0v) is 32.0. The number of nitrogens with zero attached hydrogens (tertiary/aromatic N) is 4. The Bertz CT molecular complexity index is 3250. The number of benzene rings is 6. The van der Waals surface area contributed by atoms with Gasteiger partial charge in [-0.25, -0.2) is 15.0 Å². The molecular weight excluding hydrogens is 729 g/mol. The maximum absolute atomic E-state index is 11.4. The molecule has 0 atom stereocenters. The monoisotopic (exact) mass is 764 g/mol. The maximum atomic E-state index is 11.4. The lowest BCUT2D eigenvalue weighted by Crippen LogP contribution is -2.21. The van der Waals surface area contributed by atoms with Gasteiger partial charge in [-0.15, -0.1) is 0 Å². The van der Waals surface area contributed by atoms with Crippen molar-refractivity contribution in [2.45, 2.75) is 25.7 Å². The van der Waals surface area contributed by atoms with Crippen LogP contribution in [0.25, 0.3) is 72.6 Å². The van der Waals surface area contributed by atoms with Gasteiger partial charge in [-0.2, -0.15) is 0 Å². The first kappa shape index (κ1) is 33.6. The van der Waals surface area contributed by atoms with Crippen molar-refractivity contribution in [1.82, 2.24) is 19.5 Å². The molecule has 7 nitrogen and oxygen atoms in total. The lowest BCUT2D eigenvalue weighted by atomic mass is 9.82. The molecule has 1 spiro atoms. The highest BCUT2D eigenvalue weighted by Crippen LogP contribution is 2.49. The number of pyridine rings is 2. The van der Waals surface area contributed by atoms with Gasteiger partial charge in [-0.1, -0.05) is 115 Å². The second-order valence-corrected chi connectivity index (χ2v) is 16.0. The lowest BCUT2D eigenvalue weighted by Gasteiger charge is -2.21. The summed E-state index contributed by atoms with van der Waals surface area (Å²) in [4.78, 5) is 15.3. The van der Waals surface area contributed by atoms with E-state index >= 15 is 0 Å². The molecule has 4 aromatic heterocycles. The Morgan fingerprint density at radius 1 is 0.593 bits per heavy atom. The van der Waals surface area contributed by atoms with E-state index in [4.69, 9.17) is 24.1 Å². The molecule has 4 heterocycles. The van der Waals surface area contributed by atoms with Gasteiger partial charge in [0, 0.05) is 33.7 Å². The summed E-state index contributed by atoms with van der Waals surface area (Å²) in [5.74, 6) is 1.80. The van der Waals surface area contributed by atoms with Crippen molar-refractivity contribution in [1.29, 1.82) is 0 Å². The van der Waals surface area contributed by atoms with Crippen LogP contribution in [0.2, 0.25) is 0 Å². The fourth-order valence-electron chi connectivity index (χ4n) is 9.66. The number of furan rings is 1. The van der Waals surface area contributed by atoms with Crippen molar-refractivity contribution in [3.05, 3.63) is 186 Å². The number of phenolic OH excluding ortho intramolecular Hbond substituents is 1. The third-order valence-electron chi connectivity index (χ3n) is 12.2. The second-order valence-electron chi connectivity index (χ2n) is 16.0. The number of para-hydroxylation sites is 2. The van der Waals surface area contributed by atoms with Crippen LogP contribution in [0.3, 0.4) is 0 Å². The minimum absolute atomic E-state index is 0.0712. The van der Waals surface area contributed by atoms with Crippen molar-refractivity contribution in [2.75, 3.05) is 0 Å². The van der Waals surface area contributed by atoms with Gasteiger partial charge in [0.15, 0.2) is 11.3 Å². The zero-order chi connectivity index (χ0) is 39.1. The topological polar surface area (TPSA) is 86.2 Å². The van der Waals surface area contributed by atoms with E-state index < -0.39 is 0 Å².